The number of rotatable bonds is 8. The summed E-state index contributed by atoms with van der Waals surface area (Å²) in [4.78, 5) is 22.9. The van der Waals surface area contributed by atoms with Crippen LogP contribution in [0.25, 0.3) is 10.8 Å². The number of carbonyl (C=O) groups excluding carboxylic acids is 2. The molecule has 3 nitrogen and oxygen atoms in total. The van der Waals surface area contributed by atoms with E-state index in [1.165, 1.54) is 0 Å². The van der Waals surface area contributed by atoms with Crippen molar-refractivity contribution >= 4 is 28.2 Å². The van der Waals surface area contributed by atoms with Crippen molar-refractivity contribution in [2.75, 3.05) is 5.32 Å². The van der Waals surface area contributed by atoms with Crippen LogP contribution in [0.2, 0.25) is 0 Å². The van der Waals surface area contributed by atoms with E-state index < -0.39 is 0 Å². The van der Waals surface area contributed by atoms with Gasteiger partial charge in [-0.15, -0.1) is 0 Å². The number of ketones is 1. The second-order valence-electron chi connectivity index (χ2n) is 5.69. The van der Waals surface area contributed by atoms with Crippen LogP contribution < -0.4 is 5.32 Å². The summed E-state index contributed by atoms with van der Waals surface area (Å²) in [6, 6.07) is 14.0. The van der Waals surface area contributed by atoms with Crippen LogP contribution in [0.15, 0.2) is 42.5 Å². The Bertz CT molecular complexity index is 643. The molecule has 0 fully saturated rings. The first-order valence-corrected chi connectivity index (χ1v) is 7.94. The van der Waals surface area contributed by atoms with Crippen LogP contribution in [0.3, 0.4) is 0 Å². The third-order valence-electron chi connectivity index (χ3n) is 3.75. The summed E-state index contributed by atoms with van der Waals surface area (Å²) in [6.45, 7) is 1.62. The average Bonchev–Trinajstić information content (AvgIpc) is 2.51. The Labute approximate surface area is 131 Å². The van der Waals surface area contributed by atoms with E-state index in [4.69, 9.17) is 0 Å². The molecule has 0 radical (unpaired) electrons. The lowest BCUT2D eigenvalue weighted by molar-refractivity contribution is -0.117. The van der Waals surface area contributed by atoms with Gasteiger partial charge in [-0.1, -0.05) is 49.2 Å². The lowest BCUT2D eigenvalue weighted by atomic mass is 10.1. The van der Waals surface area contributed by atoms with Gasteiger partial charge in [0.25, 0.3) is 0 Å². The maximum Gasteiger partial charge on any atom is 0.224 e. The van der Waals surface area contributed by atoms with Crippen molar-refractivity contribution in [1.29, 1.82) is 0 Å². The summed E-state index contributed by atoms with van der Waals surface area (Å²) in [6.07, 6.45) is 5.00. The maximum absolute atomic E-state index is 12.0. The molecular weight excluding hydrogens is 274 g/mol. The van der Waals surface area contributed by atoms with Gasteiger partial charge in [-0.05, 0) is 31.2 Å². The predicted octanol–water partition coefficient (Wildman–Crippen LogP) is 4.71. The molecule has 0 atom stereocenters. The van der Waals surface area contributed by atoms with E-state index in [-0.39, 0.29) is 11.7 Å². The molecule has 2 aromatic carbocycles. The molecule has 0 saturated carbocycles. The maximum atomic E-state index is 12.0. The molecule has 1 amide bonds. The Kier molecular flexibility index (Phi) is 6.13. The van der Waals surface area contributed by atoms with Gasteiger partial charge in [-0.3, -0.25) is 4.79 Å². The standard InChI is InChI=1S/C19H23NO2/c1-15(21)9-4-2-3-5-14-19(22)20-18-13-8-11-16-10-6-7-12-17(16)18/h6-8,10-13H,2-5,9,14H2,1H3,(H,20,22). The highest BCUT2D eigenvalue weighted by Gasteiger charge is 2.05. The van der Waals surface area contributed by atoms with E-state index in [0.29, 0.717) is 12.8 Å². The number of amides is 1. The molecule has 2 aromatic rings. The monoisotopic (exact) mass is 297 g/mol. The van der Waals surface area contributed by atoms with Crippen LogP contribution in [0.1, 0.15) is 45.4 Å². The normalized spacial score (nSPS) is 10.6. The van der Waals surface area contributed by atoms with Crippen molar-refractivity contribution in [1.82, 2.24) is 0 Å². The minimum absolute atomic E-state index is 0.0583. The van der Waals surface area contributed by atoms with Gasteiger partial charge in [0.15, 0.2) is 0 Å². The van der Waals surface area contributed by atoms with Crippen LogP contribution in [0.4, 0.5) is 5.69 Å². The molecule has 0 unspecified atom stereocenters. The summed E-state index contributed by atoms with van der Waals surface area (Å²) in [5.74, 6) is 0.302. The van der Waals surface area contributed by atoms with Crippen molar-refractivity contribution in [3.63, 3.8) is 0 Å². The van der Waals surface area contributed by atoms with Gasteiger partial charge < -0.3 is 10.1 Å². The van der Waals surface area contributed by atoms with E-state index >= 15 is 0 Å². The molecule has 2 rings (SSSR count). The fourth-order valence-electron chi connectivity index (χ4n) is 2.56. The minimum Gasteiger partial charge on any atom is -0.326 e. The van der Waals surface area contributed by atoms with Gasteiger partial charge >= 0.3 is 0 Å². The van der Waals surface area contributed by atoms with E-state index in [9.17, 15) is 9.59 Å². The van der Waals surface area contributed by atoms with E-state index in [1.807, 2.05) is 42.5 Å². The first-order valence-electron chi connectivity index (χ1n) is 7.94. The smallest absolute Gasteiger partial charge is 0.224 e. The second-order valence-corrected chi connectivity index (χ2v) is 5.69. The largest absolute Gasteiger partial charge is 0.326 e. The summed E-state index contributed by atoms with van der Waals surface area (Å²) in [5.41, 5.74) is 0.875. The molecular formula is C19H23NO2. The Balaban J connectivity index is 1.78. The summed E-state index contributed by atoms with van der Waals surface area (Å²) in [7, 11) is 0. The first kappa shape index (κ1) is 16.2. The van der Waals surface area contributed by atoms with Crippen molar-refractivity contribution < 1.29 is 9.59 Å². The molecule has 0 aliphatic rings. The molecule has 0 heterocycles. The average molecular weight is 297 g/mol. The third-order valence-corrected chi connectivity index (χ3v) is 3.75. The van der Waals surface area contributed by atoms with Crippen LogP contribution in [-0.4, -0.2) is 11.7 Å². The number of carbonyl (C=O) groups is 2. The molecule has 0 spiro atoms. The number of nitrogens with one attached hydrogen (secondary N) is 1. The number of fused-ring (bicyclic) bond motifs is 1. The fourth-order valence-corrected chi connectivity index (χ4v) is 2.56. The van der Waals surface area contributed by atoms with Crippen LogP contribution in [-0.2, 0) is 9.59 Å². The predicted molar refractivity (Wildman–Crippen MR) is 91.0 cm³/mol. The molecule has 1 N–H and O–H groups in total. The highest BCUT2D eigenvalue weighted by Crippen LogP contribution is 2.23. The zero-order valence-corrected chi connectivity index (χ0v) is 13.1. The Morgan fingerprint density at radius 1 is 0.864 bits per heavy atom. The second kappa shape index (κ2) is 8.32. The van der Waals surface area contributed by atoms with Gasteiger partial charge in [-0.25, -0.2) is 0 Å². The van der Waals surface area contributed by atoms with Crippen LogP contribution in [0.5, 0.6) is 0 Å². The van der Waals surface area contributed by atoms with Crippen molar-refractivity contribution in [2.24, 2.45) is 0 Å². The number of hydrogen-bond donors (Lipinski definition) is 1. The van der Waals surface area contributed by atoms with E-state index in [2.05, 4.69) is 5.32 Å². The lowest BCUT2D eigenvalue weighted by Crippen LogP contribution is -2.11. The van der Waals surface area contributed by atoms with Crippen LogP contribution >= 0.6 is 0 Å². The quantitative estimate of drug-likeness (QED) is 0.717. The summed E-state index contributed by atoms with van der Waals surface area (Å²) in [5, 5.41) is 5.20. The highest BCUT2D eigenvalue weighted by molar-refractivity contribution is 6.02. The van der Waals surface area contributed by atoms with Gasteiger partial charge in [0.1, 0.15) is 5.78 Å². The zero-order chi connectivity index (χ0) is 15.8. The van der Waals surface area contributed by atoms with E-state index in [0.717, 1.165) is 42.1 Å². The summed E-state index contributed by atoms with van der Waals surface area (Å²) < 4.78 is 0. The van der Waals surface area contributed by atoms with Crippen LogP contribution in [0, 0.1) is 0 Å². The van der Waals surface area contributed by atoms with Gasteiger partial charge in [0, 0.05) is 23.9 Å². The number of anilines is 1. The first-order chi connectivity index (χ1) is 10.7. The highest BCUT2D eigenvalue weighted by atomic mass is 16.1. The number of hydrogen-bond acceptors (Lipinski definition) is 2. The number of Topliss-reactive ketones (excluding diaryl/α,β-unsaturated/α-hetero) is 1. The number of unbranched alkanes of at least 4 members (excludes halogenated alkanes) is 3. The summed E-state index contributed by atoms with van der Waals surface area (Å²) >= 11 is 0. The van der Waals surface area contributed by atoms with Gasteiger partial charge in [-0.2, -0.15) is 0 Å². The third kappa shape index (κ3) is 4.99. The Morgan fingerprint density at radius 3 is 2.32 bits per heavy atom. The zero-order valence-electron chi connectivity index (χ0n) is 13.1. The van der Waals surface area contributed by atoms with Crippen molar-refractivity contribution in [2.45, 2.75) is 45.4 Å². The molecule has 0 aromatic heterocycles. The van der Waals surface area contributed by atoms with Gasteiger partial charge in [0.05, 0.1) is 0 Å². The molecule has 0 aliphatic heterocycles. The molecule has 0 bridgehead atoms. The topological polar surface area (TPSA) is 46.2 Å². The SMILES string of the molecule is CC(=O)CCCCCCC(=O)Nc1cccc2ccccc12. The lowest BCUT2D eigenvalue weighted by Gasteiger charge is -2.08. The van der Waals surface area contributed by atoms with Crippen molar-refractivity contribution in [3.05, 3.63) is 42.5 Å². The molecule has 3 heteroatoms. The molecule has 0 aliphatic carbocycles. The molecule has 0 saturated heterocycles. The molecule has 22 heavy (non-hydrogen) atoms. The van der Waals surface area contributed by atoms with E-state index in [1.54, 1.807) is 6.92 Å². The Morgan fingerprint density at radius 2 is 1.55 bits per heavy atom. The number of benzene rings is 2. The minimum atomic E-state index is 0.0583. The fraction of sp³-hybridized carbons (Fsp3) is 0.368. The van der Waals surface area contributed by atoms with Gasteiger partial charge in [0.2, 0.25) is 5.91 Å². The van der Waals surface area contributed by atoms with Crippen molar-refractivity contribution in [3.8, 4) is 0 Å². The molecule has 116 valence electrons. The Hall–Kier alpha value is -2.16.